The molecule has 0 aromatic carbocycles. The first-order chi connectivity index (χ1) is 6.70. The van der Waals surface area contributed by atoms with E-state index in [0.29, 0.717) is 13.2 Å². The summed E-state index contributed by atoms with van der Waals surface area (Å²) < 4.78 is 14.1. The minimum atomic E-state index is -0.410. The number of hydrogen-bond donors (Lipinski definition) is 0. The Kier molecular flexibility index (Phi) is 7.83. The molecule has 0 aromatic rings. The summed E-state index contributed by atoms with van der Waals surface area (Å²) in [6, 6.07) is 0. The summed E-state index contributed by atoms with van der Waals surface area (Å²) >= 11 is 0. The smallest absolute Gasteiger partial charge is 0.306 e. The third kappa shape index (κ3) is 7.54. The van der Waals surface area contributed by atoms with E-state index < -0.39 is 11.9 Å². The van der Waals surface area contributed by atoms with E-state index in [2.05, 4.69) is 4.74 Å². The van der Waals surface area contributed by atoms with Crippen molar-refractivity contribution in [2.75, 3.05) is 26.9 Å². The van der Waals surface area contributed by atoms with E-state index in [1.54, 1.807) is 0 Å². The third-order valence-corrected chi connectivity index (χ3v) is 1.46. The Morgan fingerprint density at radius 3 is 2.29 bits per heavy atom. The van der Waals surface area contributed by atoms with Gasteiger partial charge in [0, 0.05) is 6.61 Å². The molecule has 5 nitrogen and oxygen atoms in total. The molecule has 0 saturated carbocycles. The molecule has 0 heterocycles. The van der Waals surface area contributed by atoms with Crippen LogP contribution in [0.4, 0.5) is 0 Å². The second kappa shape index (κ2) is 8.50. The summed E-state index contributed by atoms with van der Waals surface area (Å²) in [5.74, 6) is -0.818. The van der Waals surface area contributed by atoms with Crippen LogP contribution in [0.3, 0.4) is 0 Å². The fourth-order valence-corrected chi connectivity index (χ4v) is 0.737. The maximum Gasteiger partial charge on any atom is 0.306 e. The summed E-state index contributed by atoms with van der Waals surface area (Å²) in [6.07, 6.45) is 0.114. The van der Waals surface area contributed by atoms with Crippen LogP contribution in [-0.4, -0.2) is 38.9 Å². The average Bonchev–Trinajstić information content (AvgIpc) is 2.21. The van der Waals surface area contributed by atoms with E-state index in [9.17, 15) is 9.59 Å². The van der Waals surface area contributed by atoms with Crippen molar-refractivity contribution in [2.45, 2.75) is 19.8 Å². The van der Waals surface area contributed by atoms with Gasteiger partial charge in [0.1, 0.15) is 6.61 Å². The van der Waals surface area contributed by atoms with Gasteiger partial charge in [-0.25, -0.2) is 0 Å². The van der Waals surface area contributed by atoms with Crippen LogP contribution in [0.2, 0.25) is 0 Å². The molecule has 0 unspecified atom stereocenters. The standard InChI is InChI=1S/C9H16O5/c1-3-13-6-7-14-9(11)5-4-8(10)12-2/h3-7H2,1-2H3. The Morgan fingerprint density at radius 1 is 1.07 bits per heavy atom. The van der Waals surface area contributed by atoms with E-state index in [-0.39, 0.29) is 19.4 Å². The molecule has 0 aliphatic carbocycles. The molecule has 0 spiro atoms. The molecule has 0 radical (unpaired) electrons. The Labute approximate surface area is 83.3 Å². The molecule has 0 aliphatic rings. The second-order valence-corrected chi connectivity index (χ2v) is 2.49. The maximum absolute atomic E-state index is 10.9. The van der Waals surface area contributed by atoms with Gasteiger partial charge in [-0.2, -0.15) is 0 Å². The largest absolute Gasteiger partial charge is 0.469 e. The van der Waals surface area contributed by atoms with Crippen molar-refractivity contribution in [3.63, 3.8) is 0 Å². The van der Waals surface area contributed by atoms with Crippen molar-refractivity contribution in [3.8, 4) is 0 Å². The van der Waals surface area contributed by atoms with E-state index >= 15 is 0 Å². The van der Waals surface area contributed by atoms with E-state index in [1.165, 1.54) is 7.11 Å². The first kappa shape index (κ1) is 12.9. The minimum absolute atomic E-state index is 0.0544. The highest BCUT2D eigenvalue weighted by atomic mass is 16.6. The number of hydrogen-bond acceptors (Lipinski definition) is 5. The second-order valence-electron chi connectivity index (χ2n) is 2.49. The van der Waals surface area contributed by atoms with Gasteiger partial charge in [0.2, 0.25) is 0 Å². The van der Waals surface area contributed by atoms with Crippen molar-refractivity contribution in [1.29, 1.82) is 0 Å². The normalized spacial score (nSPS) is 9.57. The minimum Gasteiger partial charge on any atom is -0.469 e. The Bertz CT molecular complexity index is 178. The summed E-state index contributed by atoms with van der Waals surface area (Å²) in [5, 5.41) is 0. The van der Waals surface area contributed by atoms with Gasteiger partial charge in [-0.1, -0.05) is 0 Å². The van der Waals surface area contributed by atoms with Crippen molar-refractivity contribution >= 4 is 11.9 Å². The number of ether oxygens (including phenoxy) is 3. The molecule has 14 heavy (non-hydrogen) atoms. The fourth-order valence-electron chi connectivity index (χ4n) is 0.737. The summed E-state index contributed by atoms with van der Waals surface area (Å²) in [6.45, 7) is 3.08. The first-order valence-electron chi connectivity index (χ1n) is 4.50. The number of carbonyl (C=O) groups is 2. The lowest BCUT2D eigenvalue weighted by Crippen LogP contribution is -2.12. The molecule has 0 aliphatic heterocycles. The van der Waals surface area contributed by atoms with Crippen LogP contribution in [0.15, 0.2) is 0 Å². The van der Waals surface area contributed by atoms with Crippen LogP contribution in [0.1, 0.15) is 19.8 Å². The molecule has 0 aromatic heterocycles. The van der Waals surface area contributed by atoms with Crippen molar-refractivity contribution < 1.29 is 23.8 Å². The van der Waals surface area contributed by atoms with E-state index in [1.807, 2.05) is 6.92 Å². The third-order valence-electron chi connectivity index (χ3n) is 1.46. The molecule has 0 saturated heterocycles. The summed E-state index contributed by atoms with van der Waals surface area (Å²) in [4.78, 5) is 21.6. The highest BCUT2D eigenvalue weighted by Crippen LogP contribution is 1.94. The zero-order valence-corrected chi connectivity index (χ0v) is 8.58. The van der Waals surface area contributed by atoms with Crippen LogP contribution in [0.25, 0.3) is 0 Å². The lowest BCUT2D eigenvalue weighted by Gasteiger charge is -2.03. The molecule has 82 valence electrons. The molecule has 0 amide bonds. The van der Waals surface area contributed by atoms with Crippen LogP contribution < -0.4 is 0 Å². The number of esters is 2. The van der Waals surface area contributed by atoms with Gasteiger partial charge in [0.05, 0.1) is 26.6 Å². The van der Waals surface area contributed by atoms with Crippen LogP contribution in [0, 0.1) is 0 Å². The average molecular weight is 204 g/mol. The van der Waals surface area contributed by atoms with Gasteiger partial charge in [-0.3, -0.25) is 9.59 Å². The molecule has 0 fully saturated rings. The van der Waals surface area contributed by atoms with Gasteiger partial charge in [-0.05, 0) is 6.92 Å². The zero-order chi connectivity index (χ0) is 10.8. The molecular formula is C9H16O5. The molecule has 0 bridgehead atoms. The first-order valence-corrected chi connectivity index (χ1v) is 4.50. The van der Waals surface area contributed by atoms with Crippen molar-refractivity contribution in [3.05, 3.63) is 0 Å². The van der Waals surface area contributed by atoms with Crippen molar-refractivity contribution in [1.82, 2.24) is 0 Å². The Morgan fingerprint density at radius 2 is 1.71 bits per heavy atom. The van der Waals surface area contributed by atoms with Gasteiger partial charge < -0.3 is 14.2 Å². The predicted molar refractivity (Wildman–Crippen MR) is 48.7 cm³/mol. The number of rotatable bonds is 7. The SMILES string of the molecule is CCOCCOC(=O)CCC(=O)OC. The van der Waals surface area contributed by atoms with Gasteiger partial charge >= 0.3 is 11.9 Å². The Hall–Kier alpha value is -1.10. The van der Waals surface area contributed by atoms with Gasteiger partial charge in [0.25, 0.3) is 0 Å². The summed E-state index contributed by atoms with van der Waals surface area (Å²) in [7, 11) is 1.28. The van der Waals surface area contributed by atoms with Gasteiger partial charge in [-0.15, -0.1) is 0 Å². The summed E-state index contributed by atoms with van der Waals surface area (Å²) in [5.41, 5.74) is 0. The quantitative estimate of drug-likeness (QED) is 0.447. The maximum atomic E-state index is 10.9. The van der Waals surface area contributed by atoms with Crippen LogP contribution in [0.5, 0.6) is 0 Å². The number of carbonyl (C=O) groups excluding carboxylic acids is 2. The van der Waals surface area contributed by atoms with E-state index in [0.717, 1.165) is 0 Å². The lowest BCUT2D eigenvalue weighted by molar-refractivity contribution is -0.149. The highest BCUT2D eigenvalue weighted by Gasteiger charge is 2.07. The molecule has 0 atom stereocenters. The zero-order valence-electron chi connectivity index (χ0n) is 8.58. The Balaban J connectivity index is 3.32. The van der Waals surface area contributed by atoms with Gasteiger partial charge in [0.15, 0.2) is 0 Å². The predicted octanol–water partition coefficient (Wildman–Crippen LogP) is 0.519. The number of methoxy groups -OCH3 is 1. The van der Waals surface area contributed by atoms with E-state index in [4.69, 9.17) is 9.47 Å². The van der Waals surface area contributed by atoms with Crippen LogP contribution in [-0.2, 0) is 23.8 Å². The fraction of sp³-hybridized carbons (Fsp3) is 0.778. The van der Waals surface area contributed by atoms with Crippen LogP contribution >= 0.6 is 0 Å². The molecule has 5 heteroatoms. The lowest BCUT2D eigenvalue weighted by atomic mass is 10.3. The topological polar surface area (TPSA) is 61.8 Å². The van der Waals surface area contributed by atoms with Crippen molar-refractivity contribution in [2.24, 2.45) is 0 Å². The molecule has 0 rings (SSSR count). The molecular weight excluding hydrogens is 188 g/mol. The highest BCUT2D eigenvalue weighted by molar-refractivity contribution is 5.77. The monoisotopic (exact) mass is 204 g/mol. The molecule has 0 N–H and O–H groups in total.